The Bertz CT molecular complexity index is 900. The van der Waals surface area contributed by atoms with Crippen molar-refractivity contribution in [1.29, 1.82) is 0 Å². The van der Waals surface area contributed by atoms with Gasteiger partial charge < -0.3 is 9.64 Å². The van der Waals surface area contributed by atoms with Gasteiger partial charge in [-0.2, -0.15) is 0 Å². The molecule has 0 aromatic heterocycles. The van der Waals surface area contributed by atoms with E-state index in [-0.39, 0.29) is 11.7 Å². The van der Waals surface area contributed by atoms with Gasteiger partial charge in [-0.3, -0.25) is 9.59 Å². The second kappa shape index (κ2) is 7.63. The Morgan fingerprint density at radius 1 is 1.07 bits per heavy atom. The number of carbonyl (C=O) groups is 2. The first-order valence-corrected chi connectivity index (χ1v) is 10.7. The molecule has 0 atom stereocenters. The Balaban J connectivity index is 1.48. The fraction of sp³-hybridized carbons (Fsp3) is 0.391. The van der Waals surface area contributed by atoms with Crippen LogP contribution in [0.1, 0.15) is 53.8 Å². The molecule has 1 amide bonds. The normalized spacial score (nSPS) is 18.1. The van der Waals surface area contributed by atoms with Crippen molar-refractivity contribution >= 4 is 23.5 Å². The van der Waals surface area contributed by atoms with Gasteiger partial charge in [0.15, 0.2) is 5.78 Å². The Labute approximate surface area is 170 Å². The van der Waals surface area contributed by atoms with Gasteiger partial charge in [0, 0.05) is 36.1 Å². The van der Waals surface area contributed by atoms with Crippen LogP contribution in [0.3, 0.4) is 0 Å². The first-order valence-electron chi connectivity index (χ1n) is 9.84. The van der Waals surface area contributed by atoms with Crippen LogP contribution in [0.2, 0.25) is 0 Å². The third-order valence-electron chi connectivity index (χ3n) is 5.44. The van der Waals surface area contributed by atoms with Crippen molar-refractivity contribution in [2.24, 2.45) is 0 Å². The lowest BCUT2D eigenvalue weighted by molar-refractivity contribution is -0.00578. The molecular weight excluding hydrogens is 370 g/mol. The predicted molar refractivity (Wildman–Crippen MR) is 111 cm³/mol. The number of likely N-dealkylation sites (tertiary alicyclic amines) is 1. The van der Waals surface area contributed by atoms with Gasteiger partial charge >= 0.3 is 0 Å². The summed E-state index contributed by atoms with van der Waals surface area (Å²) in [6.45, 7) is 5.47. The van der Waals surface area contributed by atoms with Crippen LogP contribution in [-0.4, -0.2) is 40.5 Å². The third kappa shape index (κ3) is 3.68. The maximum absolute atomic E-state index is 13.1. The van der Waals surface area contributed by atoms with Crippen molar-refractivity contribution < 1.29 is 14.3 Å². The van der Waals surface area contributed by atoms with E-state index in [0.29, 0.717) is 48.9 Å². The van der Waals surface area contributed by atoms with Gasteiger partial charge in [-0.05, 0) is 24.3 Å². The lowest BCUT2D eigenvalue weighted by atomic mass is 9.82. The molecule has 0 N–H and O–H groups in total. The molecule has 0 aliphatic carbocycles. The topological polar surface area (TPSA) is 46.6 Å². The maximum Gasteiger partial charge on any atom is 0.254 e. The summed E-state index contributed by atoms with van der Waals surface area (Å²) < 4.78 is 6.28. The van der Waals surface area contributed by atoms with Crippen LogP contribution >= 0.6 is 11.8 Å². The molecule has 1 spiro atoms. The highest BCUT2D eigenvalue weighted by Crippen LogP contribution is 2.39. The fourth-order valence-corrected chi connectivity index (χ4v) is 4.96. The van der Waals surface area contributed by atoms with Gasteiger partial charge in [-0.1, -0.05) is 38.1 Å². The molecule has 0 saturated carbocycles. The summed E-state index contributed by atoms with van der Waals surface area (Å²) in [6.07, 6.45) is 1.75. The maximum atomic E-state index is 13.1. The molecular formula is C23H25NO3S. The minimum absolute atomic E-state index is 0.0705. The van der Waals surface area contributed by atoms with E-state index in [1.54, 1.807) is 11.8 Å². The monoisotopic (exact) mass is 395 g/mol. The van der Waals surface area contributed by atoms with Gasteiger partial charge in [-0.15, -0.1) is 11.8 Å². The van der Waals surface area contributed by atoms with E-state index in [1.807, 2.05) is 53.4 Å². The Kier molecular flexibility index (Phi) is 5.19. The van der Waals surface area contributed by atoms with Crippen LogP contribution in [0.25, 0.3) is 0 Å². The number of thioether (sulfide) groups is 1. The molecule has 5 heteroatoms. The zero-order chi connectivity index (χ0) is 19.7. The minimum Gasteiger partial charge on any atom is -0.486 e. The largest absolute Gasteiger partial charge is 0.486 e. The summed E-state index contributed by atoms with van der Waals surface area (Å²) in [5, 5.41) is 0.417. The number of rotatable bonds is 3. The quantitative estimate of drug-likeness (QED) is 0.699. The molecule has 2 heterocycles. The van der Waals surface area contributed by atoms with E-state index in [1.165, 1.54) is 0 Å². The minimum atomic E-state index is -0.478. The lowest BCUT2D eigenvalue weighted by Crippen LogP contribution is -2.52. The number of hydrogen-bond acceptors (Lipinski definition) is 4. The zero-order valence-corrected chi connectivity index (χ0v) is 17.1. The van der Waals surface area contributed by atoms with Gasteiger partial charge in [0.25, 0.3) is 5.91 Å². The number of Topliss-reactive ketones (excluding diaryl/α,β-unsaturated/α-hetero) is 1. The van der Waals surface area contributed by atoms with E-state index in [4.69, 9.17) is 4.74 Å². The van der Waals surface area contributed by atoms with Crippen LogP contribution in [0, 0.1) is 0 Å². The average molecular weight is 396 g/mol. The van der Waals surface area contributed by atoms with Gasteiger partial charge in [0.05, 0.1) is 17.5 Å². The average Bonchev–Trinajstić information content (AvgIpc) is 2.68. The Morgan fingerprint density at radius 3 is 2.50 bits per heavy atom. The van der Waals surface area contributed by atoms with Crippen LogP contribution in [0.5, 0.6) is 5.75 Å². The van der Waals surface area contributed by atoms with E-state index in [9.17, 15) is 9.59 Å². The predicted octanol–water partition coefficient (Wildman–Crippen LogP) is 4.83. The molecule has 0 unspecified atom stereocenters. The molecule has 2 aromatic carbocycles. The number of carbonyl (C=O) groups excluding carboxylic acids is 2. The Morgan fingerprint density at radius 2 is 1.75 bits per heavy atom. The highest BCUT2D eigenvalue weighted by molar-refractivity contribution is 8.00. The molecule has 4 rings (SSSR count). The van der Waals surface area contributed by atoms with Crippen molar-refractivity contribution in [3.8, 4) is 5.75 Å². The number of ketones is 1. The number of fused-ring (bicyclic) bond motifs is 1. The van der Waals surface area contributed by atoms with E-state index < -0.39 is 5.60 Å². The fourth-order valence-electron chi connectivity index (χ4n) is 4.01. The van der Waals surface area contributed by atoms with Crippen molar-refractivity contribution in [2.45, 2.75) is 48.9 Å². The van der Waals surface area contributed by atoms with Gasteiger partial charge in [0.2, 0.25) is 0 Å². The second-order valence-corrected chi connectivity index (χ2v) is 9.45. The summed E-state index contributed by atoms with van der Waals surface area (Å²) in [7, 11) is 0. The summed E-state index contributed by atoms with van der Waals surface area (Å²) in [5.41, 5.74) is 0.962. The standard InChI is InChI=1S/C23H25NO3S/c1-16(2)28-21-10-6-4-8-18(21)22(26)24-13-11-23(12-14-24)15-19(25)17-7-3-5-9-20(17)27-23/h3-10,16H,11-15H2,1-2H3. The Hall–Kier alpha value is -2.27. The number of hydrogen-bond donors (Lipinski definition) is 0. The van der Waals surface area contributed by atoms with Crippen LogP contribution in [-0.2, 0) is 0 Å². The number of amides is 1. The highest BCUT2D eigenvalue weighted by atomic mass is 32.2. The number of ether oxygens (including phenoxy) is 1. The summed E-state index contributed by atoms with van der Waals surface area (Å²) >= 11 is 1.71. The number of nitrogens with zero attached hydrogens (tertiary/aromatic N) is 1. The molecule has 146 valence electrons. The first kappa shape index (κ1) is 19.1. The van der Waals surface area contributed by atoms with Crippen molar-refractivity contribution in [3.05, 3.63) is 59.7 Å². The molecule has 2 aromatic rings. The molecule has 0 radical (unpaired) electrons. The molecule has 0 bridgehead atoms. The number of piperidine rings is 1. The summed E-state index contributed by atoms with van der Waals surface area (Å²) in [4.78, 5) is 28.7. The van der Waals surface area contributed by atoms with Crippen molar-refractivity contribution in [3.63, 3.8) is 0 Å². The SMILES string of the molecule is CC(C)Sc1ccccc1C(=O)N1CCC2(CC1)CC(=O)c1ccccc1O2. The molecule has 2 aliphatic heterocycles. The van der Waals surface area contributed by atoms with Crippen LogP contribution in [0.15, 0.2) is 53.4 Å². The van der Waals surface area contributed by atoms with Crippen LogP contribution < -0.4 is 4.74 Å². The van der Waals surface area contributed by atoms with E-state index in [0.717, 1.165) is 10.5 Å². The molecule has 28 heavy (non-hydrogen) atoms. The second-order valence-electron chi connectivity index (χ2n) is 7.84. The molecule has 2 aliphatic rings. The number of benzene rings is 2. The molecule has 1 fully saturated rings. The van der Waals surface area contributed by atoms with Gasteiger partial charge in [0.1, 0.15) is 11.4 Å². The van der Waals surface area contributed by atoms with Crippen LogP contribution in [0.4, 0.5) is 0 Å². The van der Waals surface area contributed by atoms with E-state index >= 15 is 0 Å². The highest BCUT2D eigenvalue weighted by Gasteiger charge is 2.43. The first-order chi connectivity index (χ1) is 13.5. The molecule has 1 saturated heterocycles. The smallest absolute Gasteiger partial charge is 0.254 e. The third-order valence-corrected chi connectivity index (χ3v) is 6.52. The summed E-state index contributed by atoms with van der Waals surface area (Å²) in [5.74, 6) is 0.888. The van der Waals surface area contributed by atoms with E-state index in [2.05, 4.69) is 13.8 Å². The van der Waals surface area contributed by atoms with Crippen molar-refractivity contribution in [2.75, 3.05) is 13.1 Å². The van der Waals surface area contributed by atoms with Crippen molar-refractivity contribution in [1.82, 2.24) is 4.90 Å². The summed E-state index contributed by atoms with van der Waals surface area (Å²) in [6, 6.07) is 15.3. The van der Waals surface area contributed by atoms with Gasteiger partial charge in [-0.25, -0.2) is 0 Å². The lowest BCUT2D eigenvalue weighted by Gasteiger charge is -2.44. The number of para-hydroxylation sites is 1. The molecule has 4 nitrogen and oxygen atoms in total. The zero-order valence-electron chi connectivity index (χ0n) is 16.3.